The fraction of sp³-hybridized carbons (Fsp3) is 0.421. The number of hydrogen-bond donors (Lipinski definition) is 1. The van der Waals surface area contributed by atoms with Gasteiger partial charge in [-0.05, 0) is 30.9 Å². The number of carbonyl (C=O) groups excluding carboxylic acids is 1. The van der Waals surface area contributed by atoms with Gasteiger partial charge in [-0.2, -0.15) is 5.10 Å². The van der Waals surface area contributed by atoms with E-state index in [-0.39, 0.29) is 18.5 Å². The van der Waals surface area contributed by atoms with Gasteiger partial charge in [-0.3, -0.25) is 9.48 Å². The lowest BCUT2D eigenvalue weighted by atomic mass is 9.86. The largest absolute Gasteiger partial charge is 0.422 e. The van der Waals surface area contributed by atoms with Crippen molar-refractivity contribution in [3.05, 3.63) is 40.9 Å². The van der Waals surface area contributed by atoms with Crippen molar-refractivity contribution in [3.8, 4) is 0 Å². The van der Waals surface area contributed by atoms with Crippen LogP contribution in [0.5, 0.6) is 0 Å². The van der Waals surface area contributed by atoms with Crippen molar-refractivity contribution >= 4 is 27.8 Å². The second-order valence-corrected chi connectivity index (χ2v) is 6.89. The van der Waals surface area contributed by atoms with Crippen LogP contribution in [-0.2, 0) is 11.3 Å². The van der Waals surface area contributed by atoms with Gasteiger partial charge in [-0.15, -0.1) is 0 Å². The lowest BCUT2D eigenvalue weighted by Crippen LogP contribution is -2.42. The molecule has 0 bridgehead atoms. The van der Waals surface area contributed by atoms with Gasteiger partial charge in [0.05, 0.1) is 11.7 Å². The maximum absolute atomic E-state index is 12.5. The van der Waals surface area contributed by atoms with Crippen molar-refractivity contribution in [2.24, 2.45) is 5.92 Å². The maximum Gasteiger partial charge on any atom is 0.347 e. The molecule has 1 aromatic carbocycles. The van der Waals surface area contributed by atoms with E-state index in [9.17, 15) is 9.59 Å². The molecule has 0 radical (unpaired) electrons. The minimum absolute atomic E-state index is 0.0685. The average Bonchev–Trinajstić information content (AvgIpc) is 3.02. The molecule has 2 aromatic heterocycles. The summed E-state index contributed by atoms with van der Waals surface area (Å²) in [6.07, 6.45) is 6.05. The number of nitrogens with zero attached hydrogens (tertiary/aromatic N) is 2. The summed E-state index contributed by atoms with van der Waals surface area (Å²) in [6.45, 7) is 2.28. The van der Waals surface area contributed by atoms with Crippen LogP contribution in [0.2, 0.25) is 0 Å². The Morgan fingerprint density at radius 1 is 1.28 bits per heavy atom. The van der Waals surface area contributed by atoms with E-state index in [2.05, 4.69) is 17.3 Å². The van der Waals surface area contributed by atoms with E-state index in [1.807, 2.05) is 18.2 Å². The quantitative estimate of drug-likeness (QED) is 0.744. The van der Waals surface area contributed by atoms with E-state index in [0.717, 1.165) is 24.6 Å². The lowest BCUT2D eigenvalue weighted by molar-refractivity contribution is -0.123. The highest BCUT2D eigenvalue weighted by Crippen LogP contribution is 2.24. The zero-order valence-corrected chi connectivity index (χ0v) is 14.2. The van der Waals surface area contributed by atoms with Gasteiger partial charge < -0.3 is 9.73 Å². The molecule has 0 unspecified atom stereocenters. The second kappa shape index (κ2) is 6.35. The van der Waals surface area contributed by atoms with Gasteiger partial charge >= 0.3 is 5.63 Å². The summed E-state index contributed by atoms with van der Waals surface area (Å²) < 4.78 is 6.91. The number of para-hydroxylation sites is 1. The molecule has 1 aliphatic rings. The van der Waals surface area contributed by atoms with Crippen LogP contribution in [0, 0.1) is 5.92 Å². The molecule has 2 atom stereocenters. The van der Waals surface area contributed by atoms with Gasteiger partial charge in [0.2, 0.25) is 5.91 Å². The van der Waals surface area contributed by atoms with Crippen LogP contribution in [0.25, 0.3) is 21.9 Å². The Morgan fingerprint density at radius 2 is 2.08 bits per heavy atom. The summed E-state index contributed by atoms with van der Waals surface area (Å²) in [5.74, 6) is 0.431. The third kappa shape index (κ3) is 2.92. The Kier molecular flexibility index (Phi) is 4.03. The Hall–Kier alpha value is -2.63. The molecule has 6 nitrogen and oxygen atoms in total. The van der Waals surface area contributed by atoms with E-state index in [1.165, 1.54) is 12.6 Å². The molecule has 6 heteroatoms. The topological polar surface area (TPSA) is 77.1 Å². The molecule has 2 heterocycles. The number of hydrogen-bond acceptors (Lipinski definition) is 4. The monoisotopic (exact) mass is 339 g/mol. The van der Waals surface area contributed by atoms with Gasteiger partial charge in [0.1, 0.15) is 17.5 Å². The van der Waals surface area contributed by atoms with Crippen molar-refractivity contribution in [3.63, 3.8) is 0 Å². The molecular formula is C19H21N3O3. The van der Waals surface area contributed by atoms with Crippen molar-refractivity contribution in [2.75, 3.05) is 0 Å². The molecule has 1 amide bonds. The molecule has 1 aliphatic carbocycles. The van der Waals surface area contributed by atoms with E-state index in [1.54, 1.807) is 10.7 Å². The first-order valence-corrected chi connectivity index (χ1v) is 8.80. The molecule has 0 saturated heterocycles. The van der Waals surface area contributed by atoms with Crippen LogP contribution in [-0.4, -0.2) is 21.7 Å². The number of nitrogens with one attached hydrogen (secondary N) is 1. The predicted octanol–water partition coefficient (Wildman–Crippen LogP) is 2.84. The number of fused-ring (bicyclic) bond motifs is 3. The summed E-state index contributed by atoms with van der Waals surface area (Å²) in [7, 11) is 0. The molecule has 1 saturated carbocycles. The summed E-state index contributed by atoms with van der Waals surface area (Å²) in [4.78, 5) is 24.6. The molecule has 130 valence electrons. The number of carbonyl (C=O) groups is 1. The number of amides is 1. The van der Waals surface area contributed by atoms with Crippen molar-refractivity contribution in [1.29, 1.82) is 0 Å². The van der Waals surface area contributed by atoms with Gasteiger partial charge in [-0.1, -0.05) is 31.9 Å². The highest BCUT2D eigenvalue weighted by Gasteiger charge is 2.23. The Balaban J connectivity index is 1.65. The van der Waals surface area contributed by atoms with Crippen LogP contribution in [0.4, 0.5) is 0 Å². The van der Waals surface area contributed by atoms with Gasteiger partial charge in [0.25, 0.3) is 0 Å². The molecule has 0 aliphatic heterocycles. The van der Waals surface area contributed by atoms with E-state index < -0.39 is 5.63 Å². The van der Waals surface area contributed by atoms with Crippen LogP contribution < -0.4 is 10.9 Å². The molecule has 1 fully saturated rings. The zero-order chi connectivity index (χ0) is 17.4. The second-order valence-electron chi connectivity index (χ2n) is 6.89. The van der Waals surface area contributed by atoms with Crippen LogP contribution >= 0.6 is 0 Å². The van der Waals surface area contributed by atoms with Crippen LogP contribution in [0.3, 0.4) is 0 Å². The fourth-order valence-corrected chi connectivity index (χ4v) is 3.76. The van der Waals surface area contributed by atoms with Crippen molar-refractivity contribution in [1.82, 2.24) is 15.1 Å². The molecular weight excluding hydrogens is 318 g/mol. The first kappa shape index (κ1) is 15.9. The summed E-state index contributed by atoms with van der Waals surface area (Å²) >= 11 is 0. The van der Waals surface area contributed by atoms with Crippen LogP contribution in [0.15, 0.2) is 39.7 Å². The highest BCUT2D eigenvalue weighted by molar-refractivity contribution is 6.02. The minimum Gasteiger partial charge on any atom is -0.422 e. The number of aromatic nitrogens is 2. The summed E-state index contributed by atoms with van der Waals surface area (Å²) in [5, 5.41) is 8.57. The number of benzene rings is 1. The maximum atomic E-state index is 12.5. The lowest BCUT2D eigenvalue weighted by Gasteiger charge is -2.29. The fourth-order valence-electron chi connectivity index (χ4n) is 3.76. The Labute approximate surface area is 144 Å². The van der Waals surface area contributed by atoms with E-state index in [4.69, 9.17) is 4.42 Å². The van der Waals surface area contributed by atoms with Gasteiger partial charge in [0, 0.05) is 11.4 Å². The SMILES string of the molecule is C[C@@H]1CCCC[C@@H]1NC(=O)Cn1ncc2c(=O)oc3ccccc3c21. The first-order chi connectivity index (χ1) is 12.1. The highest BCUT2D eigenvalue weighted by atomic mass is 16.4. The molecule has 3 aromatic rings. The Morgan fingerprint density at radius 3 is 2.92 bits per heavy atom. The smallest absolute Gasteiger partial charge is 0.347 e. The van der Waals surface area contributed by atoms with Crippen LogP contribution in [0.1, 0.15) is 32.6 Å². The Bertz CT molecular complexity index is 988. The molecule has 4 rings (SSSR count). The summed E-state index contributed by atoms with van der Waals surface area (Å²) in [5.41, 5.74) is 0.725. The standard InChI is InChI=1S/C19H21N3O3/c1-12-6-2-4-8-15(12)21-17(23)11-22-18-13-7-3-5-9-16(13)25-19(24)14(18)10-20-22/h3,5,7,9-10,12,15H,2,4,6,8,11H2,1H3,(H,21,23)/t12-,15+/m1/s1. The molecule has 25 heavy (non-hydrogen) atoms. The third-order valence-corrected chi connectivity index (χ3v) is 5.16. The van der Waals surface area contributed by atoms with Gasteiger partial charge in [-0.25, -0.2) is 4.79 Å². The minimum atomic E-state index is -0.429. The van der Waals surface area contributed by atoms with Crippen molar-refractivity contribution in [2.45, 2.75) is 45.2 Å². The molecule has 0 spiro atoms. The van der Waals surface area contributed by atoms with E-state index >= 15 is 0 Å². The average molecular weight is 339 g/mol. The van der Waals surface area contributed by atoms with Crippen molar-refractivity contribution < 1.29 is 9.21 Å². The first-order valence-electron chi connectivity index (χ1n) is 8.80. The summed E-state index contributed by atoms with van der Waals surface area (Å²) in [6, 6.07) is 7.54. The van der Waals surface area contributed by atoms with E-state index in [0.29, 0.717) is 22.4 Å². The van der Waals surface area contributed by atoms with Gasteiger partial charge in [0.15, 0.2) is 0 Å². The number of rotatable bonds is 3. The predicted molar refractivity (Wildman–Crippen MR) is 95.3 cm³/mol. The third-order valence-electron chi connectivity index (χ3n) is 5.16. The molecule has 1 N–H and O–H groups in total. The normalized spacial score (nSPS) is 20.8. The zero-order valence-electron chi connectivity index (χ0n) is 14.2.